The van der Waals surface area contributed by atoms with Gasteiger partial charge in [0.05, 0.1) is 6.04 Å². The second kappa shape index (κ2) is 4.61. The molecule has 92 valence electrons. The van der Waals surface area contributed by atoms with Crippen molar-refractivity contribution in [1.29, 1.82) is 0 Å². The standard InChI is InChI=1S/C15H15NO2/c17-14-7-3-4-8-15(14)18-10-12-9-11-5-1-2-6-13(11)16-12/h1-8,12,16-17H,9-10H2. The topological polar surface area (TPSA) is 41.5 Å². The van der Waals surface area contributed by atoms with Crippen molar-refractivity contribution in [1.82, 2.24) is 0 Å². The molecule has 0 aliphatic carbocycles. The monoisotopic (exact) mass is 241 g/mol. The van der Waals surface area contributed by atoms with Gasteiger partial charge < -0.3 is 15.2 Å². The fraction of sp³-hybridized carbons (Fsp3) is 0.200. The molecular weight excluding hydrogens is 226 g/mol. The summed E-state index contributed by atoms with van der Waals surface area (Å²) in [5, 5.41) is 13.0. The molecule has 0 spiro atoms. The van der Waals surface area contributed by atoms with E-state index in [1.807, 2.05) is 18.2 Å². The Labute approximate surface area is 106 Å². The molecular formula is C15H15NO2. The zero-order valence-corrected chi connectivity index (χ0v) is 9.97. The molecule has 1 aliphatic rings. The number of hydrogen-bond acceptors (Lipinski definition) is 3. The highest BCUT2D eigenvalue weighted by molar-refractivity contribution is 5.56. The predicted octanol–water partition coefficient (Wildman–Crippen LogP) is 2.81. The zero-order valence-electron chi connectivity index (χ0n) is 9.97. The second-order valence-electron chi connectivity index (χ2n) is 4.48. The molecule has 2 aromatic carbocycles. The highest BCUT2D eigenvalue weighted by Gasteiger charge is 2.20. The van der Waals surface area contributed by atoms with Crippen LogP contribution in [0.2, 0.25) is 0 Å². The third-order valence-electron chi connectivity index (χ3n) is 3.15. The summed E-state index contributed by atoms with van der Waals surface area (Å²) >= 11 is 0. The van der Waals surface area contributed by atoms with Gasteiger partial charge >= 0.3 is 0 Å². The molecule has 1 aliphatic heterocycles. The van der Waals surface area contributed by atoms with Gasteiger partial charge in [0, 0.05) is 5.69 Å². The number of fused-ring (bicyclic) bond motifs is 1. The quantitative estimate of drug-likeness (QED) is 0.868. The van der Waals surface area contributed by atoms with Gasteiger partial charge in [0.2, 0.25) is 0 Å². The van der Waals surface area contributed by atoms with Crippen LogP contribution in [-0.4, -0.2) is 17.8 Å². The van der Waals surface area contributed by atoms with Crippen LogP contribution in [0, 0.1) is 0 Å². The van der Waals surface area contributed by atoms with Gasteiger partial charge in [0.25, 0.3) is 0 Å². The van der Waals surface area contributed by atoms with Crippen LogP contribution in [0.3, 0.4) is 0 Å². The second-order valence-corrected chi connectivity index (χ2v) is 4.48. The summed E-state index contributed by atoms with van der Waals surface area (Å²) in [6.45, 7) is 0.548. The Balaban J connectivity index is 1.62. The lowest BCUT2D eigenvalue weighted by atomic mass is 10.1. The van der Waals surface area contributed by atoms with Crippen LogP contribution in [-0.2, 0) is 6.42 Å². The summed E-state index contributed by atoms with van der Waals surface area (Å²) in [5.41, 5.74) is 2.51. The molecule has 3 heteroatoms. The molecule has 0 bridgehead atoms. The first-order valence-electron chi connectivity index (χ1n) is 6.08. The van der Waals surface area contributed by atoms with Crippen molar-refractivity contribution in [2.75, 3.05) is 11.9 Å². The molecule has 18 heavy (non-hydrogen) atoms. The molecule has 0 amide bonds. The number of phenols is 1. The fourth-order valence-corrected chi connectivity index (χ4v) is 2.25. The van der Waals surface area contributed by atoms with Crippen LogP contribution in [0.25, 0.3) is 0 Å². The lowest BCUT2D eigenvalue weighted by Crippen LogP contribution is -2.24. The maximum atomic E-state index is 9.61. The average Bonchev–Trinajstić information content (AvgIpc) is 2.80. The number of ether oxygens (including phenoxy) is 1. The number of benzene rings is 2. The van der Waals surface area contributed by atoms with Crippen LogP contribution in [0.4, 0.5) is 5.69 Å². The van der Waals surface area contributed by atoms with Crippen molar-refractivity contribution in [3.63, 3.8) is 0 Å². The van der Waals surface area contributed by atoms with Crippen LogP contribution >= 0.6 is 0 Å². The summed E-state index contributed by atoms with van der Waals surface area (Å²) in [7, 11) is 0. The Morgan fingerprint density at radius 1 is 1.11 bits per heavy atom. The molecule has 1 atom stereocenters. The SMILES string of the molecule is Oc1ccccc1OCC1Cc2ccccc2N1. The lowest BCUT2D eigenvalue weighted by Gasteiger charge is -2.13. The zero-order chi connectivity index (χ0) is 12.4. The summed E-state index contributed by atoms with van der Waals surface area (Å²) < 4.78 is 5.64. The van der Waals surface area contributed by atoms with Gasteiger partial charge in [-0.3, -0.25) is 0 Å². The summed E-state index contributed by atoms with van der Waals surface area (Å²) in [6, 6.07) is 15.6. The van der Waals surface area contributed by atoms with E-state index in [0.29, 0.717) is 12.4 Å². The van der Waals surface area contributed by atoms with Crippen molar-refractivity contribution in [3.05, 3.63) is 54.1 Å². The molecule has 0 fully saturated rings. The fourth-order valence-electron chi connectivity index (χ4n) is 2.25. The van der Waals surface area contributed by atoms with Crippen molar-refractivity contribution < 1.29 is 9.84 Å². The largest absolute Gasteiger partial charge is 0.504 e. The minimum Gasteiger partial charge on any atom is -0.504 e. The molecule has 2 aromatic rings. The van der Waals surface area contributed by atoms with Gasteiger partial charge in [-0.2, -0.15) is 0 Å². The molecule has 0 saturated carbocycles. The maximum absolute atomic E-state index is 9.61. The third kappa shape index (κ3) is 2.12. The first-order chi connectivity index (χ1) is 8.83. The number of rotatable bonds is 3. The van der Waals surface area contributed by atoms with Gasteiger partial charge in [-0.1, -0.05) is 30.3 Å². The van der Waals surface area contributed by atoms with Gasteiger partial charge in [0.15, 0.2) is 11.5 Å². The number of aromatic hydroxyl groups is 1. The smallest absolute Gasteiger partial charge is 0.161 e. The van der Waals surface area contributed by atoms with Crippen LogP contribution < -0.4 is 10.1 Å². The van der Waals surface area contributed by atoms with Gasteiger partial charge in [-0.15, -0.1) is 0 Å². The Bertz CT molecular complexity index is 529. The Morgan fingerprint density at radius 2 is 1.89 bits per heavy atom. The van der Waals surface area contributed by atoms with Gasteiger partial charge in [-0.25, -0.2) is 0 Å². The summed E-state index contributed by atoms with van der Waals surface area (Å²) in [5.74, 6) is 0.725. The summed E-state index contributed by atoms with van der Waals surface area (Å²) in [6.07, 6.45) is 0.962. The van der Waals surface area contributed by atoms with E-state index in [1.54, 1.807) is 18.2 Å². The molecule has 3 nitrogen and oxygen atoms in total. The predicted molar refractivity (Wildman–Crippen MR) is 71.2 cm³/mol. The Kier molecular flexibility index (Phi) is 2.81. The van der Waals surface area contributed by atoms with E-state index in [2.05, 4.69) is 17.4 Å². The molecule has 3 rings (SSSR count). The molecule has 0 saturated heterocycles. The maximum Gasteiger partial charge on any atom is 0.161 e. The Hall–Kier alpha value is -2.16. The number of phenolic OH excluding ortho intramolecular Hbond substituents is 1. The van der Waals surface area contributed by atoms with E-state index in [-0.39, 0.29) is 11.8 Å². The van der Waals surface area contributed by atoms with Crippen molar-refractivity contribution in [2.24, 2.45) is 0 Å². The highest BCUT2D eigenvalue weighted by Crippen LogP contribution is 2.28. The number of anilines is 1. The third-order valence-corrected chi connectivity index (χ3v) is 3.15. The minimum atomic E-state index is 0.188. The molecule has 2 N–H and O–H groups in total. The van der Waals surface area contributed by atoms with Crippen molar-refractivity contribution in [2.45, 2.75) is 12.5 Å². The Morgan fingerprint density at radius 3 is 2.72 bits per heavy atom. The number of nitrogens with one attached hydrogen (secondary N) is 1. The molecule has 1 unspecified atom stereocenters. The van der Waals surface area contributed by atoms with E-state index in [0.717, 1.165) is 6.42 Å². The van der Waals surface area contributed by atoms with E-state index in [1.165, 1.54) is 11.3 Å². The molecule has 0 radical (unpaired) electrons. The van der Waals surface area contributed by atoms with Gasteiger partial charge in [-0.05, 0) is 30.2 Å². The van der Waals surface area contributed by atoms with Crippen LogP contribution in [0.1, 0.15) is 5.56 Å². The number of hydrogen-bond donors (Lipinski definition) is 2. The number of para-hydroxylation sites is 3. The first-order valence-corrected chi connectivity index (χ1v) is 6.08. The van der Waals surface area contributed by atoms with Crippen LogP contribution in [0.15, 0.2) is 48.5 Å². The minimum absolute atomic E-state index is 0.188. The first kappa shape index (κ1) is 11.0. The molecule has 0 aromatic heterocycles. The van der Waals surface area contributed by atoms with E-state index < -0.39 is 0 Å². The van der Waals surface area contributed by atoms with E-state index in [4.69, 9.17) is 4.74 Å². The average molecular weight is 241 g/mol. The van der Waals surface area contributed by atoms with E-state index in [9.17, 15) is 5.11 Å². The van der Waals surface area contributed by atoms with E-state index >= 15 is 0 Å². The van der Waals surface area contributed by atoms with Crippen molar-refractivity contribution in [3.8, 4) is 11.5 Å². The highest BCUT2D eigenvalue weighted by atomic mass is 16.5. The molecule has 1 heterocycles. The normalized spacial score (nSPS) is 17.0. The summed E-state index contributed by atoms with van der Waals surface area (Å²) in [4.78, 5) is 0. The lowest BCUT2D eigenvalue weighted by molar-refractivity contribution is 0.284. The van der Waals surface area contributed by atoms with Crippen molar-refractivity contribution >= 4 is 5.69 Å². The van der Waals surface area contributed by atoms with Gasteiger partial charge in [0.1, 0.15) is 6.61 Å². The van der Waals surface area contributed by atoms with Crippen LogP contribution in [0.5, 0.6) is 11.5 Å².